The molecular weight excluding hydrogens is 130 g/mol. The molecule has 0 spiro atoms. The van der Waals surface area contributed by atoms with Crippen LogP contribution in [0.1, 0.15) is 0 Å². The zero-order valence-corrected chi connectivity index (χ0v) is 6.32. The minimum absolute atomic E-state index is 1.01. The topological polar surface area (TPSA) is 3.24 Å². The van der Waals surface area contributed by atoms with Crippen LogP contribution in [-0.2, 0) is 0 Å². The summed E-state index contributed by atoms with van der Waals surface area (Å²) in [6.07, 6.45) is 10.0. The molecule has 1 radical (unpaired) electrons. The maximum atomic E-state index is 3.71. The minimum atomic E-state index is 1.01. The third kappa shape index (κ3) is 1.79. The molecule has 1 aliphatic rings. The van der Waals surface area contributed by atoms with Crippen LogP contribution in [0.2, 0.25) is 0 Å². The van der Waals surface area contributed by atoms with Crippen molar-refractivity contribution in [2.75, 3.05) is 13.6 Å². The lowest BCUT2D eigenvalue weighted by Gasteiger charge is -2.15. The fraction of sp³-hybridized carbons (Fsp3) is 0.286. The van der Waals surface area contributed by atoms with Gasteiger partial charge in [0.15, 0.2) is 0 Å². The molecule has 0 N–H and O–H groups in total. The van der Waals surface area contributed by atoms with Crippen LogP contribution in [0, 0.1) is 6.26 Å². The van der Waals surface area contributed by atoms with Gasteiger partial charge in [0, 0.05) is 31.0 Å². The zero-order valence-electron chi connectivity index (χ0n) is 5.50. The second-order valence-electron chi connectivity index (χ2n) is 2.01. The van der Waals surface area contributed by atoms with Gasteiger partial charge in [-0.2, -0.15) is 0 Å². The number of allylic oxidation sites excluding steroid dienone is 1. The molecule has 0 aromatic carbocycles. The molecule has 0 aromatic heterocycles. The van der Waals surface area contributed by atoms with Crippen LogP contribution < -0.4 is 0 Å². The van der Waals surface area contributed by atoms with Crippen LogP contribution in [0.25, 0.3) is 0 Å². The van der Waals surface area contributed by atoms with Crippen molar-refractivity contribution in [3.05, 3.63) is 29.5 Å². The van der Waals surface area contributed by atoms with E-state index < -0.39 is 0 Å². The predicted molar refractivity (Wildman–Crippen MR) is 42.8 cm³/mol. The van der Waals surface area contributed by atoms with Crippen molar-refractivity contribution in [1.29, 1.82) is 0 Å². The third-order valence-electron chi connectivity index (χ3n) is 1.24. The molecule has 0 unspecified atom stereocenters. The molecule has 0 saturated carbocycles. The first kappa shape index (κ1) is 6.75. The van der Waals surface area contributed by atoms with Crippen LogP contribution in [0.5, 0.6) is 0 Å². The number of hydrogen-bond acceptors (Lipinski definition) is 2. The standard InChI is InChI=1S/C7H10NS/c1-8-5-3-7(9-2)4-6-8/h3-5H,2,6H2,1H3. The van der Waals surface area contributed by atoms with E-state index in [2.05, 4.69) is 36.6 Å². The Balaban J connectivity index is 2.52. The summed E-state index contributed by atoms with van der Waals surface area (Å²) in [4.78, 5) is 3.38. The van der Waals surface area contributed by atoms with Gasteiger partial charge in [-0.15, -0.1) is 11.8 Å². The Kier molecular flexibility index (Phi) is 2.22. The molecule has 0 amide bonds. The minimum Gasteiger partial charge on any atom is -0.377 e. The molecule has 1 nitrogen and oxygen atoms in total. The fourth-order valence-electron chi connectivity index (χ4n) is 0.671. The normalized spacial score (nSPS) is 18.0. The highest BCUT2D eigenvalue weighted by Crippen LogP contribution is 2.17. The third-order valence-corrected chi connectivity index (χ3v) is 1.88. The van der Waals surface area contributed by atoms with Gasteiger partial charge < -0.3 is 4.90 Å². The molecule has 1 aliphatic heterocycles. The van der Waals surface area contributed by atoms with Crippen molar-refractivity contribution in [2.24, 2.45) is 0 Å². The van der Waals surface area contributed by atoms with E-state index in [0.29, 0.717) is 0 Å². The Bertz CT molecular complexity index is 149. The lowest BCUT2D eigenvalue weighted by Crippen LogP contribution is -2.12. The van der Waals surface area contributed by atoms with E-state index >= 15 is 0 Å². The van der Waals surface area contributed by atoms with Gasteiger partial charge in [0.05, 0.1) is 0 Å². The summed E-state index contributed by atoms with van der Waals surface area (Å²) < 4.78 is 0. The van der Waals surface area contributed by atoms with Crippen molar-refractivity contribution < 1.29 is 0 Å². The molecular formula is C7H10NS. The second-order valence-corrected chi connectivity index (χ2v) is 2.77. The first-order valence-electron chi connectivity index (χ1n) is 2.83. The molecule has 0 atom stereocenters. The summed E-state index contributed by atoms with van der Waals surface area (Å²) in [6, 6.07) is 0. The van der Waals surface area contributed by atoms with E-state index in [4.69, 9.17) is 0 Å². The summed E-state index contributed by atoms with van der Waals surface area (Å²) >= 11 is 1.55. The second kappa shape index (κ2) is 2.97. The summed E-state index contributed by atoms with van der Waals surface area (Å²) in [5.41, 5.74) is 0. The molecule has 1 rings (SSSR count). The van der Waals surface area contributed by atoms with E-state index in [-0.39, 0.29) is 0 Å². The maximum Gasteiger partial charge on any atom is 0.0364 e. The number of rotatable bonds is 1. The van der Waals surface area contributed by atoms with Crippen LogP contribution in [0.15, 0.2) is 23.3 Å². The van der Waals surface area contributed by atoms with Gasteiger partial charge in [0.1, 0.15) is 0 Å². The van der Waals surface area contributed by atoms with Gasteiger partial charge in [-0.25, -0.2) is 0 Å². The van der Waals surface area contributed by atoms with Crippen LogP contribution in [0.3, 0.4) is 0 Å². The van der Waals surface area contributed by atoms with Gasteiger partial charge >= 0.3 is 0 Å². The number of hydrogen-bond donors (Lipinski definition) is 0. The van der Waals surface area contributed by atoms with Crippen molar-refractivity contribution in [3.8, 4) is 0 Å². The lowest BCUT2D eigenvalue weighted by atomic mass is 10.4. The smallest absolute Gasteiger partial charge is 0.0364 e. The molecule has 49 valence electrons. The Hall–Kier alpha value is -0.370. The molecule has 9 heavy (non-hydrogen) atoms. The first-order chi connectivity index (χ1) is 4.33. The quantitative estimate of drug-likeness (QED) is 0.547. The molecule has 2 heteroatoms. The highest BCUT2D eigenvalue weighted by molar-refractivity contribution is 8.04. The average Bonchev–Trinajstić information content (AvgIpc) is 1.90. The van der Waals surface area contributed by atoms with Gasteiger partial charge in [-0.3, -0.25) is 0 Å². The van der Waals surface area contributed by atoms with E-state index in [1.165, 1.54) is 4.91 Å². The van der Waals surface area contributed by atoms with Gasteiger partial charge in [0.2, 0.25) is 0 Å². The summed E-state index contributed by atoms with van der Waals surface area (Å²) in [7, 11) is 2.05. The van der Waals surface area contributed by atoms with Gasteiger partial charge in [-0.1, -0.05) is 6.08 Å². The molecule has 0 aromatic rings. The SMILES string of the molecule is [CH2]SC1=CCN(C)C=C1. The Labute approximate surface area is 60.4 Å². The largest absolute Gasteiger partial charge is 0.377 e. The summed E-state index contributed by atoms with van der Waals surface area (Å²) in [6.45, 7) is 1.01. The number of thioether (sulfide) groups is 1. The van der Waals surface area contributed by atoms with Crippen molar-refractivity contribution in [2.45, 2.75) is 0 Å². The maximum absolute atomic E-state index is 3.71. The van der Waals surface area contributed by atoms with Crippen LogP contribution in [-0.4, -0.2) is 18.5 Å². The van der Waals surface area contributed by atoms with E-state index in [0.717, 1.165) is 6.54 Å². The molecule has 0 bridgehead atoms. The predicted octanol–water partition coefficient (Wildman–Crippen LogP) is 1.85. The van der Waals surface area contributed by atoms with Gasteiger partial charge in [-0.05, 0) is 6.08 Å². The first-order valence-corrected chi connectivity index (χ1v) is 3.82. The number of nitrogens with zero attached hydrogens (tertiary/aromatic N) is 1. The average molecular weight is 140 g/mol. The summed E-state index contributed by atoms with van der Waals surface area (Å²) in [5.74, 6) is 0. The molecule has 0 fully saturated rings. The van der Waals surface area contributed by atoms with Gasteiger partial charge in [0.25, 0.3) is 0 Å². The van der Waals surface area contributed by atoms with Crippen molar-refractivity contribution >= 4 is 11.8 Å². The summed E-state index contributed by atoms with van der Waals surface area (Å²) in [5, 5.41) is 0. The van der Waals surface area contributed by atoms with E-state index in [1.807, 2.05) is 0 Å². The highest BCUT2D eigenvalue weighted by Gasteiger charge is 1.96. The molecule has 0 saturated heterocycles. The molecule has 0 aliphatic carbocycles. The van der Waals surface area contributed by atoms with Crippen molar-refractivity contribution in [1.82, 2.24) is 4.90 Å². The fourth-order valence-corrected chi connectivity index (χ4v) is 1.02. The monoisotopic (exact) mass is 140 g/mol. The molecule has 1 heterocycles. The Morgan fingerprint density at radius 3 is 3.00 bits per heavy atom. The Morgan fingerprint density at radius 2 is 2.56 bits per heavy atom. The van der Waals surface area contributed by atoms with Crippen LogP contribution >= 0.6 is 11.8 Å². The number of likely N-dealkylation sites (N-methyl/N-ethyl adjacent to an activating group) is 1. The lowest BCUT2D eigenvalue weighted by molar-refractivity contribution is 0.504. The Morgan fingerprint density at radius 1 is 1.78 bits per heavy atom. The van der Waals surface area contributed by atoms with E-state index in [1.54, 1.807) is 11.8 Å². The van der Waals surface area contributed by atoms with Crippen molar-refractivity contribution in [3.63, 3.8) is 0 Å². The zero-order chi connectivity index (χ0) is 6.69. The van der Waals surface area contributed by atoms with Crippen LogP contribution in [0.4, 0.5) is 0 Å². The van der Waals surface area contributed by atoms with E-state index in [9.17, 15) is 0 Å². The highest BCUT2D eigenvalue weighted by atomic mass is 32.2.